The van der Waals surface area contributed by atoms with Crippen LogP contribution in [-0.4, -0.2) is 68.2 Å². The van der Waals surface area contributed by atoms with Gasteiger partial charge in [-0.25, -0.2) is 4.79 Å². The molecule has 3 aromatic rings. The summed E-state index contributed by atoms with van der Waals surface area (Å²) in [7, 11) is 1.58. The number of rotatable bonds is 9. The molecule has 3 heterocycles. The van der Waals surface area contributed by atoms with Crippen molar-refractivity contribution in [1.82, 2.24) is 9.80 Å². The van der Waals surface area contributed by atoms with Crippen molar-refractivity contribution in [3.05, 3.63) is 58.4 Å². The van der Waals surface area contributed by atoms with Gasteiger partial charge in [0.05, 0.1) is 12.8 Å². The second-order valence-corrected chi connectivity index (χ2v) is 11.2. The summed E-state index contributed by atoms with van der Waals surface area (Å²) < 4.78 is 11.5. The molecule has 2 N–H and O–H groups in total. The molecule has 0 aliphatic carbocycles. The van der Waals surface area contributed by atoms with Crippen LogP contribution in [0.15, 0.2) is 48.5 Å². The van der Waals surface area contributed by atoms with Gasteiger partial charge >= 0.3 is 6.03 Å². The molecule has 0 spiro atoms. The maximum atomic E-state index is 13.5. The Morgan fingerprint density at radius 3 is 2.36 bits per heavy atom. The quantitative estimate of drug-likeness (QED) is 0.311. The third kappa shape index (κ3) is 6.84. The van der Waals surface area contributed by atoms with E-state index >= 15 is 0 Å². The molecule has 5 rings (SSSR count). The second kappa shape index (κ2) is 12.7. The van der Waals surface area contributed by atoms with Crippen molar-refractivity contribution in [2.45, 2.75) is 25.7 Å². The zero-order valence-corrected chi connectivity index (χ0v) is 23.6. The second-order valence-electron chi connectivity index (χ2n) is 9.70. The number of nitrogens with zero attached hydrogens (tertiary/aromatic N) is 2. The SMILES string of the molecule is COc1cc(NC(=O)c2sc(-c3ccc(Cl)cc3)cc2NC(=O)N2CCCC2)ccc1OCCN1CCCC1. The number of hydrogen-bond donors (Lipinski definition) is 2. The Kier molecular flexibility index (Phi) is 8.91. The molecule has 206 valence electrons. The molecule has 2 saturated heterocycles. The van der Waals surface area contributed by atoms with Gasteiger partial charge in [-0.3, -0.25) is 9.69 Å². The molecule has 2 fully saturated rings. The summed E-state index contributed by atoms with van der Waals surface area (Å²) in [6.45, 7) is 5.12. The lowest BCUT2D eigenvalue weighted by Crippen LogP contribution is -2.32. The average molecular weight is 569 g/mol. The van der Waals surface area contributed by atoms with Crippen molar-refractivity contribution >= 4 is 46.3 Å². The summed E-state index contributed by atoms with van der Waals surface area (Å²) in [5, 5.41) is 6.55. The fourth-order valence-corrected chi connectivity index (χ4v) is 6.01. The molecule has 0 unspecified atom stereocenters. The number of urea groups is 1. The first kappa shape index (κ1) is 27.3. The summed E-state index contributed by atoms with van der Waals surface area (Å²) in [5.41, 5.74) is 1.97. The topological polar surface area (TPSA) is 83.1 Å². The van der Waals surface area contributed by atoms with Gasteiger partial charge in [0, 0.05) is 41.3 Å². The van der Waals surface area contributed by atoms with Crippen molar-refractivity contribution in [2.75, 3.05) is 57.1 Å². The van der Waals surface area contributed by atoms with E-state index in [9.17, 15) is 9.59 Å². The monoisotopic (exact) mass is 568 g/mol. The Balaban J connectivity index is 1.32. The predicted molar refractivity (Wildman–Crippen MR) is 157 cm³/mol. The first-order valence-electron chi connectivity index (χ1n) is 13.3. The average Bonchev–Trinajstić information content (AvgIpc) is 3.72. The predicted octanol–water partition coefficient (Wildman–Crippen LogP) is 6.43. The number of benzene rings is 2. The fourth-order valence-electron chi connectivity index (χ4n) is 4.87. The van der Waals surface area contributed by atoms with E-state index in [4.69, 9.17) is 21.1 Å². The Morgan fingerprint density at radius 1 is 0.923 bits per heavy atom. The van der Waals surface area contributed by atoms with Crippen molar-refractivity contribution in [2.24, 2.45) is 0 Å². The van der Waals surface area contributed by atoms with E-state index in [2.05, 4.69) is 15.5 Å². The molecule has 0 bridgehead atoms. The van der Waals surface area contributed by atoms with Gasteiger partial charge in [-0.05, 0) is 74.7 Å². The largest absolute Gasteiger partial charge is 0.493 e. The van der Waals surface area contributed by atoms with E-state index in [1.807, 2.05) is 24.3 Å². The van der Waals surface area contributed by atoms with Gasteiger partial charge in [-0.15, -0.1) is 11.3 Å². The number of hydrogen-bond acceptors (Lipinski definition) is 6. The number of carbonyl (C=O) groups excluding carboxylic acids is 2. The molecule has 0 radical (unpaired) electrons. The van der Waals surface area contributed by atoms with Crippen LogP contribution in [0.3, 0.4) is 0 Å². The number of halogens is 1. The third-order valence-electron chi connectivity index (χ3n) is 6.99. The number of likely N-dealkylation sites (tertiary alicyclic amines) is 2. The van der Waals surface area contributed by atoms with Crippen LogP contribution in [-0.2, 0) is 0 Å². The van der Waals surface area contributed by atoms with Crippen LogP contribution in [0.5, 0.6) is 11.5 Å². The van der Waals surface area contributed by atoms with E-state index < -0.39 is 0 Å². The Hall–Kier alpha value is -3.27. The van der Waals surface area contributed by atoms with E-state index in [1.54, 1.807) is 36.3 Å². The minimum absolute atomic E-state index is 0.195. The third-order valence-corrected chi connectivity index (χ3v) is 8.42. The lowest BCUT2D eigenvalue weighted by Gasteiger charge is -2.17. The minimum Gasteiger partial charge on any atom is -0.493 e. The van der Waals surface area contributed by atoms with Gasteiger partial charge in [0.2, 0.25) is 0 Å². The first-order chi connectivity index (χ1) is 19.0. The molecule has 0 saturated carbocycles. The van der Waals surface area contributed by atoms with Gasteiger partial charge in [0.1, 0.15) is 11.5 Å². The smallest absolute Gasteiger partial charge is 0.321 e. The number of methoxy groups -OCH3 is 1. The van der Waals surface area contributed by atoms with Gasteiger partial charge in [-0.1, -0.05) is 23.7 Å². The van der Waals surface area contributed by atoms with E-state index in [-0.39, 0.29) is 11.9 Å². The summed E-state index contributed by atoms with van der Waals surface area (Å²) in [6, 6.07) is 14.4. The highest BCUT2D eigenvalue weighted by atomic mass is 35.5. The van der Waals surface area contributed by atoms with Crippen LogP contribution in [0.4, 0.5) is 16.2 Å². The number of carbonyl (C=O) groups is 2. The standard InChI is InChI=1S/C29H33ClN4O4S/c1-37-25-18-22(10-11-24(25)38-17-16-33-12-2-3-13-33)31-28(35)27-23(32-29(36)34-14-4-5-15-34)19-26(39-27)20-6-8-21(30)9-7-20/h6-11,18-19H,2-5,12-17H2,1H3,(H,31,35)(H,32,36). The maximum absolute atomic E-state index is 13.5. The van der Waals surface area contributed by atoms with Gasteiger partial charge in [0.15, 0.2) is 11.5 Å². The normalized spacial score (nSPS) is 15.4. The molecule has 10 heteroatoms. The lowest BCUT2D eigenvalue weighted by molar-refractivity contribution is 0.103. The Morgan fingerprint density at radius 2 is 1.64 bits per heavy atom. The molecule has 3 amide bonds. The van der Waals surface area contributed by atoms with Crippen LogP contribution in [0, 0.1) is 0 Å². The number of amides is 3. The number of anilines is 2. The zero-order valence-electron chi connectivity index (χ0n) is 22.0. The number of nitrogens with one attached hydrogen (secondary N) is 2. The molecule has 39 heavy (non-hydrogen) atoms. The van der Waals surface area contributed by atoms with Crippen LogP contribution in [0.2, 0.25) is 5.02 Å². The van der Waals surface area contributed by atoms with Gasteiger partial charge in [-0.2, -0.15) is 0 Å². The van der Waals surface area contributed by atoms with Gasteiger partial charge < -0.3 is 25.0 Å². The molecule has 1 aromatic heterocycles. The molecular formula is C29H33ClN4O4S. The fraction of sp³-hybridized carbons (Fsp3) is 0.379. The summed E-state index contributed by atoms with van der Waals surface area (Å²) in [5.74, 6) is 0.862. The van der Waals surface area contributed by atoms with E-state index in [1.165, 1.54) is 24.2 Å². The Labute approximate surface area is 237 Å². The minimum atomic E-state index is -0.318. The van der Waals surface area contributed by atoms with Crippen molar-refractivity contribution in [3.63, 3.8) is 0 Å². The van der Waals surface area contributed by atoms with Crippen LogP contribution >= 0.6 is 22.9 Å². The molecular weight excluding hydrogens is 536 g/mol. The van der Waals surface area contributed by atoms with Crippen molar-refractivity contribution in [3.8, 4) is 21.9 Å². The van der Waals surface area contributed by atoms with Crippen molar-refractivity contribution in [1.29, 1.82) is 0 Å². The summed E-state index contributed by atoms with van der Waals surface area (Å²) in [6.07, 6.45) is 4.46. The van der Waals surface area contributed by atoms with Crippen molar-refractivity contribution < 1.29 is 19.1 Å². The summed E-state index contributed by atoms with van der Waals surface area (Å²) >= 11 is 7.38. The highest BCUT2D eigenvalue weighted by molar-refractivity contribution is 7.18. The zero-order chi connectivity index (χ0) is 27.2. The highest BCUT2D eigenvalue weighted by Gasteiger charge is 2.23. The van der Waals surface area contributed by atoms with E-state index in [0.29, 0.717) is 52.5 Å². The van der Waals surface area contributed by atoms with Gasteiger partial charge in [0.25, 0.3) is 5.91 Å². The number of ether oxygens (including phenoxy) is 2. The maximum Gasteiger partial charge on any atom is 0.321 e. The lowest BCUT2D eigenvalue weighted by atomic mass is 10.2. The van der Waals surface area contributed by atoms with Crippen LogP contribution in [0.25, 0.3) is 10.4 Å². The first-order valence-corrected chi connectivity index (χ1v) is 14.5. The van der Waals surface area contributed by atoms with E-state index in [0.717, 1.165) is 42.9 Å². The molecule has 8 nitrogen and oxygen atoms in total. The molecule has 2 aromatic carbocycles. The molecule has 2 aliphatic rings. The van der Waals surface area contributed by atoms with Crippen LogP contribution < -0.4 is 20.1 Å². The molecule has 2 aliphatic heterocycles. The molecule has 0 atom stereocenters. The summed E-state index contributed by atoms with van der Waals surface area (Å²) in [4.78, 5) is 31.8. The number of thiophene rings is 1. The highest BCUT2D eigenvalue weighted by Crippen LogP contribution is 2.37. The van der Waals surface area contributed by atoms with Crippen LogP contribution in [0.1, 0.15) is 35.4 Å². The Bertz CT molecular complexity index is 1300.